The summed E-state index contributed by atoms with van der Waals surface area (Å²) >= 11 is 11.9. The first-order valence-corrected chi connectivity index (χ1v) is 7.12. The highest BCUT2D eigenvalue weighted by Gasteiger charge is 2.19. The van der Waals surface area contributed by atoms with Crippen molar-refractivity contribution in [2.45, 2.75) is 26.8 Å². The van der Waals surface area contributed by atoms with Crippen LogP contribution >= 0.6 is 23.2 Å². The molecule has 0 saturated carbocycles. The number of halogens is 2. The third-order valence-electron chi connectivity index (χ3n) is 3.42. The van der Waals surface area contributed by atoms with Crippen molar-refractivity contribution in [1.29, 1.82) is 0 Å². The number of nitrogens with zero attached hydrogens (tertiary/aromatic N) is 2. The van der Waals surface area contributed by atoms with Crippen molar-refractivity contribution in [2.75, 3.05) is 11.1 Å². The minimum absolute atomic E-state index is 0.230. The number of rotatable bonds is 3. The van der Waals surface area contributed by atoms with Crippen LogP contribution in [0, 0.1) is 13.8 Å². The van der Waals surface area contributed by atoms with E-state index in [0.29, 0.717) is 21.4 Å². The van der Waals surface area contributed by atoms with Gasteiger partial charge in [-0.05, 0) is 32.9 Å². The zero-order chi connectivity index (χ0) is 15.7. The normalized spacial score (nSPS) is 12.2. The van der Waals surface area contributed by atoms with E-state index < -0.39 is 6.04 Å². The number of carbonyl (C=O) groups is 1. The number of nitrogens with one attached hydrogen (secondary N) is 1. The number of hydrogen-bond acceptors (Lipinski definition) is 3. The van der Waals surface area contributed by atoms with Gasteiger partial charge in [0.1, 0.15) is 6.04 Å². The van der Waals surface area contributed by atoms with Crippen molar-refractivity contribution in [2.24, 2.45) is 0 Å². The average Bonchev–Trinajstić information content (AvgIpc) is 2.73. The molecular formula is C14H16Cl2N4O. The lowest BCUT2D eigenvalue weighted by atomic mass is 10.2. The fourth-order valence-electron chi connectivity index (χ4n) is 1.99. The molecule has 2 aromatic rings. The molecule has 7 heteroatoms. The molecule has 0 aliphatic carbocycles. The molecule has 1 aromatic carbocycles. The summed E-state index contributed by atoms with van der Waals surface area (Å²) in [5, 5.41) is 3.46. The van der Waals surface area contributed by atoms with Crippen LogP contribution in [0.1, 0.15) is 24.4 Å². The van der Waals surface area contributed by atoms with Crippen LogP contribution in [0.5, 0.6) is 0 Å². The number of hydrogen-bond donors (Lipinski definition) is 2. The summed E-state index contributed by atoms with van der Waals surface area (Å²) in [5.41, 5.74) is 8.36. The smallest absolute Gasteiger partial charge is 0.247 e. The summed E-state index contributed by atoms with van der Waals surface area (Å²) in [4.78, 5) is 16.5. The van der Waals surface area contributed by atoms with Crippen LogP contribution in [0.4, 0.5) is 11.4 Å². The Morgan fingerprint density at radius 2 is 2.05 bits per heavy atom. The number of carbonyl (C=O) groups excluding carboxylic acids is 1. The number of anilines is 2. The van der Waals surface area contributed by atoms with E-state index in [9.17, 15) is 4.79 Å². The lowest BCUT2D eigenvalue weighted by molar-refractivity contribution is -0.118. The van der Waals surface area contributed by atoms with Crippen LogP contribution < -0.4 is 11.1 Å². The summed E-state index contributed by atoms with van der Waals surface area (Å²) in [6.07, 6.45) is 1.64. The Hall–Kier alpha value is -1.72. The highest BCUT2D eigenvalue weighted by Crippen LogP contribution is 2.32. The first-order chi connectivity index (χ1) is 9.81. The van der Waals surface area contributed by atoms with Crippen molar-refractivity contribution in [3.05, 3.63) is 39.9 Å². The molecule has 0 bridgehead atoms. The maximum Gasteiger partial charge on any atom is 0.247 e. The van der Waals surface area contributed by atoms with Crippen LogP contribution in [0.25, 0.3) is 0 Å². The second kappa shape index (κ2) is 5.95. The van der Waals surface area contributed by atoms with Crippen LogP contribution in [0.3, 0.4) is 0 Å². The Labute approximate surface area is 133 Å². The maximum absolute atomic E-state index is 12.4. The van der Waals surface area contributed by atoms with Gasteiger partial charge < -0.3 is 15.6 Å². The van der Waals surface area contributed by atoms with E-state index in [2.05, 4.69) is 10.3 Å². The van der Waals surface area contributed by atoms with Gasteiger partial charge in [-0.1, -0.05) is 23.2 Å². The van der Waals surface area contributed by atoms with Gasteiger partial charge in [0.15, 0.2) is 0 Å². The molecule has 0 aliphatic rings. The monoisotopic (exact) mass is 326 g/mol. The molecule has 0 saturated heterocycles. The predicted octanol–water partition coefficient (Wildman–Crippen LogP) is 3.59. The molecule has 0 spiro atoms. The van der Waals surface area contributed by atoms with E-state index in [0.717, 1.165) is 11.4 Å². The molecule has 3 N–H and O–H groups in total. The van der Waals surface area contributed by atoms with E-state index in [1.54, 1.807) is 23.9 Å². The Bertz CT molecular complexity index is 673. The third kappa shape index (κ3) is 3.14. The van der Waals surface area contributed by atoms with Gasteiger partial charge in [-0.15, -0.1) is 0 Å². The molecule has 1 unspecified atom stereocenters. The van der Waals surface area contributed by atoms with Crippen molar-refractivity contribution >= 4 is 40.5 Å². The molecule has 2 rings (SSSR count). The van der Waals surface area contributed by atoms with Gasteiger partial charge in [-0.25, -0.2) is 4.98 Å². The molecule has 0 fully saturated rings. The van der Waals surface area contributed by atoms with Crippen LogP contribution in [0.2, 0.25) is 10.0 Å². The van der Waals surface area contributed by atoms with Gasteiger partial charge in [0.05, 0.1) is 28.4 Å². The Kier molecular flexibility index (Phi) is 4.44. The quantitative estimate of drug-likeness (QED) is 0.846. The van der Waals surface area contributed by atoms with Crippen LogP contribution in [0.15, 0.2) is 18.5 Å². The first kappa shape index (κ1) is 15.7. The second-order valence-electron chi connectivity index (χ2n) is 4.84. The third-order valence-corrected chi connectivity index (χ3v) is 3.93. The number of benzene rings is 1. The zero-order valence-electron chi connectivity index (χ0n) is 11.9. The van der Waals surface area contributed by atoms with E-state index in [1.807, 2.05) is 13.8 Å². The number of imidazole rings is 1. The lowest BCUT2D eigenvalue weighted by Crippen LogP contribution is -2.24. The number of aromatic nitrogens is 2. The minimum atomic E-state index is -0.433. The van der Waals surface area contributed by atoms with Crippen molar-refractivity contribution in [1.82, 2.24) is 9.55 Å². The zero-order valence-corrected chi connectivity index (χ0v) is 13.5. The van der Waals surface area contributed by atoms with Gasteiger partial charge in [0.25, 0.3) is 0 Å². The van der Waals surface area contributed by atoms with Crippen LogP contribution in [-0.4, -0.2) is 15.5 Å². The molecule has 1 atom stereocenters. The fraction of sp³-hybridized carbons (Fsp3) is 0.286. The summed E-state index contributed by atoms with van der Waals surface area (Å²) in [6.45, 7) is 5.59. The van der Waals surface area contributed by atoms with E-state index >= 15 is 0 Å². The summed E-state index contributed by atoms with van der Waals surface area (Å²) in [5.74, 6) is -0.230. The molecule has 1 amide bonds. The largest absolute Gasteiger partial charge is 0.397 e. The molecule has 5 nitrogen and oxygen atoms in total. The van der Waals surface area contributed by atoms with Gasteiger partial charge in [0, 0.05) is 10.7 Å². The maximum atomic E-state index is 12.4. The van der Waals surface area contributed by atoms with E-state index in [-0.39, 0.29) is 5.91 Å². The molecule has 112 valence electrons. The Morgan fingerprint density at radius 1 is 1.38 bits per heavy atom. The number of nitrogens with two attached hydrogens (primary N) is 1. The fourth-order valence-corrected chi connectivity index (χ4v) is 2.54. The second-order valence-corrected chi connectivity index (χ2v) is 5.68. The van der Waals surface area contributed by atoms with Gasteiger partial charge >= 0.3 is 0 Å². The summed E-state index contributed by atoms with van der Waals surface area (Å²) < 4.78 is 1.80. The predicted molar refractivity (Wildman–Crippen MR) is 85.9 cm³/mol. The summed E-state index contributed by atoms with van der Waals surface area (Å²) in [6, 6.07) is 2.64. The molecule has 0 radical (unpaired) electrons. The molecular weight excluding hydrogens is 311 g/mol. The highest BCUT2D eigenvalue weighted by atomic mass is 35.5. The Morgan fingerprint density at radius 3 is 2.57 bits per heavy atom. The SMILES string of the molecule is Cc1ncn(C(C)C(=O)Nc2c(N)cc(Cl)cc2Cl)c1C. The molecule has 21 heavy (non-hydrogen) atoms. The molecule has 1 heterocycles. The molecule has 0 aliphatic heterocycles. The highest BCUT2D eigenvalue weighted by molar-refractivity contribution is 6.37. The van der Waals surface area contributed by atoms with Crippen molar-refractivity contribution in [3.8, 4) is 0 Å². The number of nitrogen functional groups attached to an aromatic ring is 1. The van der Waals surface area contributed by atoms with Gasteiger partial charge in [-0.2, -0.15) is 0 Å². The molecule has 1 aromatic heterocycles. The minimum Gasteiger partial charge on any atom is -0.397 e. The Balaban J connectivity index is 2.24. The van der Waals surface area contributed by atoms with E-state index in [1.165, 1.54) is 6.07 Å². The van der Waals surface area contributed by atoms with Crippen molar-refractivity contribution in [3.63, 3.8) is 0 Å². The number of amides is 1. The number of aryl methyl sites for hydroxylation is 1. The van der Waals surface area contributed by atoms with Crippen molar-refractivity contribution < 1.29 is 4.79 Å². The lowest BCUT2D eigenvalue weighted by Gasteiger charge is -2.17. The average molecular weight is 327 g/mol. The first-order valence-electron chi connectivity index (χ1n) is 6.36. The summed E-state index contributed by atoms with van der Waals surface area (Å²) in [7, 11) is 0. The van der Waals surface area contributed by atoms with Gasteiger partial charge in [0.2, 0.25) is 5.91 Å². The standard InChI is InChI=1S/C14H16Cl2N4O/c1-7-8(2)20(6-18-7)9(3)14(21)19-13-11(16)4-10(15)5-12(13)17/h4-6,9H,17H2,1-3H3,(H,19,21). The van der Waals surface area contributed by atoms with E-state index in [4.69, 9.17) is 28.9 Å². The van der Waals surface area contributed by atoms with Gasteiger partial charge in [-0.3, -0.25) is 4.79 Å². The van der Waals surface area contributed by atoms with Crippen LogP contribution in [-0.2, 0) is 4.79 Å². The topological polar surface area (TPSA) is 72.9 Å².